The Morgan fingerprint density at radius 2 is 1.92 bits per heavy atom. The van der Waals surface area contributed by atoms with Crippen LogP contribution in [0.1, 0.15) is 23.4 Å². The van der Waals surface area contributed by atoms with Gasteiger partial charge in [-0.05, 0) is 44.2 Å². The quantitative estimate of drug-likeness (QED) is 0.620. The monoisotopic (exact) mass is 373 g/mol. The molecule has 1 aliphatic rings. The molecule has 7 heteroatoms. The van der Waals surface area contributed by atoms with Crippen molar-refractivity contribution in [2.24, 2.45) is 0 Å². The summed E-state index contributed by atoms with van der Waals surface area (Å²) in [6.45, 7) is 4.78. The maximum absolute atomic E-state index is 12.2. The number of rotatable bonds is 6. The van der Waals surface area contributed by atoms with Crippen LogP contribution in [0.3, 0.4) is 0 Å². The summed E-state index contributed by atoms with van der Waals surface area (Å²) in [7, 11) is 0. The van der Waals surface area contributed by atoms with E-state index in [4.69, 9.17) is 9.47 Å². The number of carbonyl (C=O) groups excluding carboxylic acids is 1. The lowest BCUT2D eigenvalue weighted by atomic mass is 10.1. The van der Waals surface area contributed by atoms with Crippen LogP contribution < -0.4 is 14.8 Å². The van der Waals surface area contributed by atoms with Gasteiger partial charge >= 0.3 is 0 Å². The van der Waals surface area contributed by atoms with Crippen LogP contribution in [0.15, 0.2) is 29.4 Å². The number of nitrogens with zero attached hydrogens (tertiary/aromatic N) is 2. The van der Waals surface area contributed by atoms with Crippen LogP contribution in [0.5, 0.6) is 11.5 Å². The minimum Gasteiger partial charge on any atom is -0.486 e. The van der Waals surface area contributed by atoms with E-state index in [2.05, 4.69) is 15.3 Å². The second-order valence-corrected chi connectivity index (χ2v) is 6.93. The Bertz CT molecular complexity index is 774. The summed E-state index contributed by atoms with van der Waals surface area (Å²) in [5.74, 6) is 1.45. The van der Waals surface area contributed by atoms with Crippen molar-refractivity contribution in [1.29, 1.82) is 0 Å². The van der Waals surface area contributed by atoms with Crippen LogP contribution in [-0.4, -0.2) is 41.4 Å². The molecule has 1 aromatic carbocycles. The summed E-state index contributed by atoms with van der Waals surface area (Å²) < 4.78 is 11.5. The maximum Gasteiger partial charge on any atom is 0.220 e. The van der Waals surface area contributed by atoms with E-state index in [1.54, 1.807) is 0 Å². The Labute approximate surface area is 157 Å². The predicted molar refractivity (Wildman–Crippen MR) is 101 cm³/mol. The van der Waals surface area contributed by atoms with Crippen LogP contribution in [0.25, 0.3) is 0 Å². The third kappa shape index (κ3) is 4.46. The van der Waals surface area contributed by atoms with Crippen LogP contribution in [0.4, 0.5) is 0 Å². The number of carbonyl (C=O) groups is 1. The van der Waals surface area contributed by atoms with Gasteiger partial charge in [-0.25, -0.2) is 9.97 Å². The second-order valence-electron chi connectivity index (χ2n) is 6.16. The number of aromatic nitrogens is 2. The van der Waals surface area contributed by atoms with Crippen LogP contribution in [0, 0.1) is 13.8 Å². The van der Waals surface area contributed by atoms with Gasteiger partial charge in [0.2, 0.25) is 5.91 Å². The molecule has 26 heavy (non-hydrogen) atoms. The minimum absolute atomic E-state index is 0.0137. The van der Waals surface area contributed by atoms with Crippen molar-refractivity contribution >= 4 is 17.7 Å². The number of hydrogen-bond acceptors (Lipinski definition) is 6. The highest BCUT2D eigenvalue weighted by molar-refractivity contribution is 7.98. The molecule has 0 saturated heterocycles. The Kier molecular flexibility index (Phi) is 5.98. The van der Waals surface area contributed by atoms with Crippen LogP contribution in [-0.2, 0) is 11.2 Å². The van der Waals surface area contributed by atoms with Crippen molar-refractivity contribution in [3.05, 3.63) is 41.2 Å². The van der Waals surface area contributed by atoms with Gasteiger partial charge in [0.15, 0.2) is 16.7 Å². The van der Waals surface area contributed by atoms with E-state index >= 15 is 0 Å². The average Bonchev–Trinajstić information content (AvgIpc) is 2.65. The van der Waals surface area contributed by atoms with E-state index < -0.39 is 0 Å². The SMILES string of the molecule is CSc1nc(C)c(CCC(=O)NC[C@H]2COc3ccccc3O2)c(C)n1. The lowest BCUT2D eigenvalue weighted by molar-refractivity contribution is -0.121. The zero-order valence-corrected chi connectivity index (χ0v) is 16.1. The molecular weight excluding hydrogens is 350 g/mol. The Morgan fingerprint density at radius 1 is 1.23 bits per heavy atom. The van der Waals surface area contributed by atoms with Crippen LogP contribution in [0.2, 0.25) is 0 Å². The van der Waals surface area contributed by atoms with Gasteiger partial charge in [0, 0.05) is 17.8 Å². The molecule has 0 saturated carbocycles. The van der Waals surface area contributed by atoms with Crippen molar-refractivity contribution in [1.82, 2.24) is 15.3 Å². The molecule has 0 unspecified atom stereocenters. The molecule has 1 atom stereocenters. The number of aryl methyl sites for hydroxylation is 2. The molecule has 138 valence electrons. The van der Waals surface area contributed by atoms with E-state index in [9.17, 15) is 4.79 Å². The molecule has 0 aliphatic carbocycles. The van der Waals surface area contributed by atoms with Gasteiger partial charge in [-0.2, -0.15) is 0 Å². The van der Waals surface area contributed by atoms with Gasteiger partial charge in [0.05, 0.1) is 6.54 Å². The minimum atomic E-state index is -0.179. The van der Waals surface area contributed by atoms with Gasteiger partial charge in [0.25, 0.3) is 0 Å². The van der Waals surface area contributed by atoms with Crippen molar-refractivity contribution < 1.29 is 14.3 Å². The number of fused-ring (bicyclic) bond motifs is 1. The van der Waals surface area contributed by atoms with Crippen molar-refractivity contribution in [2.45, 2.75) is 37.9 Å². The Hall–Kier alpha value is -2.28. The number of benzene rings is 1. The number of ether oxygens (including phenoxy) is 2. The molecule has 1 amide bonds. The molecule has 0 bridgehead atoms. The smallest absolute Gasteiger partial charge is 0.220 e. The first-order chi connectivity index (χ1) is 12.6. The Morgan fingerprint density at radius 3 is 2.62 bits per heavy atom. The molecule has 0 radical (unpaired) electrons. The average molecular weight is 373 g/mol. The van der Waals surface area contributed by atoms with Crippen LogP contribution >= 0.6 is 11.8 Å². The summed E-state index contributed by atoms with van der Waals surface area (Å²) in [6.07, 6.45) is 2.80. The highest BCUT2D eigenvalue weighted by atomic mass is 32.2. The number of hydrogen-bond donors (Lipinski definition) is 1. The van der Waals surface area contributed by atoms with E-state index in [1.807, 2.05) is 44.4 Å². The first-order valence-corrected chi connectivity index (χ1v) is 9.82. The molecule has 2 heterocycles. The summed E-state index contributed by atoms with van der Waals surface area (Å²) in [5.41, 5.74) is 2.93. The van der Waals surface area contributed by atoms with Gasteiger partial charge in [-0.1, -0.05) is 23.9 Å². The zero-order valence-electron chi connectivity index (χ0n) is 15.2. The fraction of sp³-hybridized carbons (Fsp3) is 0.421. The topological polar surface area (TPSA) is 73.3 Å². The molecule has 0 spiro atoms. The van der Waals surface area contributed by atoms with Gasteiger partial charge in [-0.15, -0.1) is 0 Å². The number of para-hydroxylation sites is 2. The first-order valence-electron chi connectivity index (χ1n) is 8.60. The van der Waals surface area contributed by atoms with Crippen molar-refractivity contribution in [3.8, 4) is 11.5 Å². The largest absolute Gasteiger partial charge is 0.486 e. The molecule has 6 nitrogen and oxygen atoms in total. The second kappa shape index (κ2) is 8.40. The molecule has 1 aliphatic heterocycles. The van der Waals surface area contributed by atoms with Crippen molar-refractivity contribution in [2.75, 3.05) is 19.4 Å². The standard InChI is InChI=1S/C19H23N3O3S/c1-12-15(13(2)22-19(21-12)26-3)8-9-18(23)20-10-14-11-24-16-6-4-5-7-17(16)25-14/h4-7,14H,8-11H2,1-3H3,(H,20,23)/t14-/m0/s1. The summed E-state index contributed by atoms with van der Waals surface area (Å²) in [5, 5.41) is 3.69. The molecule has 0 fully saturated rings. The third-order valence-electron chi connectivity index (χ3n) is 4.28. The molecular formula is C19H23N3O3S. The first kappa shape index (κ1) is 18.5. The van der Waals surface area contributed by atoms with Crippen molar-refractivity contribution in [3.63, 3.8) is 0 Å². The lowest BCUT2D eigenvalue weighted by Crippen LogP contribution is -2.40. The van der Waals surface area contributed by atoms with E-state index in [1.165, 1.54) is 11.8 Å². The fourth-order valence-electron chi connectivity index (χ4n) is 2.88. The van der Waals surface area contributed by atoms with Gasteiger partial charge in [-0.3, -0.25) is 4.79 Å². The fourth-order valence-corrected chi connectivity index (χ4v) is 3.34. The van der Waals surface area contributed by atoms with Gasteiger partial charge in [0.1, 0.15) is 12.7 Å². The summed E-state index contributed by atoms with van der Waals surface area (Å²) in [4.78, 5) is 21.1. The summed E-state index contributed by atoms with van der Waals surface area (Å²) >= 11 is 1.52. The van der Waals surface area contributed by atoms with E-state index in [0.29, 0.717) is 26.0 Å². The zero-order chi connectivity index (χ0) is 18.5. The lowest BCUT2D eigenvalue weighted by Gasteiger charge is -2.26. The predicted octanol–water partition coefficient (Wildman–Crippen LogP) is 2.70. The highest BCUT2D eigenvalue weighted by Crippen LogP contribution is 2.30. The van der Waals surface area contributed by atoms with E-state index in [-0.39, 0.29) is 12.0 Å². The normalized spacial score (nSPS) is 15.6. The van der Waals surface area contributed by atoms with E-state index in [0.717, 1.165) is 33.6 Å². The number of nitrogens with one attached hydrogen (secondary N) is 1. The molecule has 2 aromatic rings. The number of amides is 1. The Balaban J connectivity index is 1.48. The maximum atomic E-state index is 12.2. The molecule has 1 aromatic heterocycles. The summed E-state index contributed by atoms with van der Waals surface area (Å²) in [6, 6.07) is 7.55. The number of thioether (sulfide) groups is 1. The third-order valence-corrected chi connectivity index (χ3v) is 4.83. The molecule has 1 N–H and O–H groups in total. The molecule has 3 rings (SSSR count). The highest BCUT2D eigenvalue weighted by Gasteiger charge is 2.21. The van der Waals surface area contributed by atoms with Gasteiger partial charge < -0.3 is 14.8 Å².